The highest BCUT2D eigenvalue weighted by Crippen LogP contribution is 2.28. The van der Waals surface area contributed by atoms with Gasteiger partial charge < -0.3 is 9.47 Å². The first-order valence-corrected chi connectivity index (χ1v) is 7.07. The predicted octanol–water partition coefficient (Wildman–Crippen LogP) is 4.40. The minimum atomic E-state index is -0.476. The lowest BCUT2D eigenvalue weighted by atomic mass is 10.2. The number of carbonyl (C=O) groups is 1. The van der Waals surface area contributed by atoms with Crippen LogP contribution in [-0.4, -0.2) is 12.6 Å². The molecule has 0 radical (unpaired) electrons. The van der Waals surface area contributed by atoms with Crippen LogP contribution in [0.15, 0.2) is 46.9 Å². The van der Waals surface area contributed by atoms with Crippen molar-refractivity contribution in [1.29, 1.82) is 0 Å². The number of hydrogen-bond acceptors (Lipinski definition) is 3. The Bertz CT molecular complexity index is 628. The van der Waals surface area contributed by atoms with Crippen molar-refractivity contribution in [3.05, 3.63) is 57.5 Å². The van der Waals surface area contributed by atoms with Gasteiger partial charge in [0.2, 0.25) is 0 Å². The summed E-state index contributed by atoms with van der Waals surface area (Å²) in [4.78, 5) is 11.7. The maximum absolute atomic E-state index is 11.7. The molecule has 0 saturated carbocycles. The van der Waals surface area contributed by atoms with Gasteiger partial charge in [-0.1, -0.05) is 29.8 Å². The fraction of sp³-hybridized carbons (Fsp3) is 0.133. The van der Waals surface area contributed by atoms with Gasteiger partial charge in [-0.2, -0.15) is 0 Å². The van der Waals surface area contributed by atoms with Crippen LogP contribution in [-0.2, 0) is 4.79 Å². The summed E-state index contributed by atoms with van der Waals surface area (Å²) in [5.74, 6) is 0.601. The van der Waals surface area contributed by atoms with Gasteiger partial charge in [0, 0.05) is 5.02 Å². The van der Waals surface area contributed by atoms with Crippen LogP contribution < -0.4 is 9.47 Å². The first-order valence-electron chi connectivity index (χ1n) is 5.90. The molecule has 0 atom stereocenters. The van der Waals surface area contributed by atoms with Gasteiger partial charge in [0.1, 0.15) is 11.5 Å². The minimum Gasteiger partial charge on any atom is -0.482 e. The number of esters is 1. The standard InChI is InChI=1S/C15H12BrClO3/c1-10-4-2-3-5-13(10)19-9-15(18)20-14-7-6-11(17)8-12(14)16/h2-8H,9H2,1H3. The molecule has 0 aliphatic heterocycles. The molecule has 0 aromatic heterocycles. The zero-order chi connectivity index (χ0) is 14.5. The topological polar surface area (TPSA) is 35.5 Å². The average Bonchev–Trinajstić information content (AvgIpc) is 2.41. The molecule has 104 valence electrons. The van der Waals surface area contributed by atoms with Gasteiger partial charge in [-0.3, -0.25) is 0 Å². The number of benzene rings is 2. The summed E-state index contributed by atoms with van der Waals surface area (Å²) in [6.07, 6.45) is 0. The Morgan fingerprint density at radius 1 is 1.20 bits per heavy atom. The van der Waals surface area contributed by atoms with Crippen molar-refractivity contribution < 1.29 is 14.3 Å². The number of para-hydroxylation sites is 1. The summed E-state index contributed by atoms with van der Waals surface area (Å²) in [7, 11) is 0. The van der Waals surface area contributed by atoms with Crippen molar-refractivity contribution >= 4 is 33.5 Å². The highest BCUT2D eigenvalue weighted by atomic mass is 79.9. The molecule has 0 unspecified atom stereocenters. The van der Waals surface area contributed by atoms with Crippen LogP contribution in [0.5, 0.6) is 11.5 Å². The highest BCUT2D eigenvalue weighted by Gasteiger charge is 2.10. The van der Waals surface area contributed by atoms with E-state index in [2.05, 4.69) is 15.9 Å². The van der Waals surface area contributed by atoms with Gasteiger partial charge in [-0.25, -0.2) is 4.79 Å². The monoisotopic (exact) mass is 354 g/mol. The molecule has 5 heteroatoms. The van der Waals surface area contributed by atoms with Gasteiger partial charge in [-0.15, -0.1) is 0 Å². The van der Waals surface area contributed by atoms with Gasteiger partial charge in [-0.05, 0) is 52.7 Å². The van der Waals surface area contributed by atoms with E-state index in [-0.39, 0.29) is 6.61 Å². The predicted molar refractivity (Wildman–Crippen MR) is 81.5 cm³/mol. The van der Waals surface area contributed by atoms with E-state index in [1.165, 1.54) is 0 Å². The molecule has 2 aromatic rings. The van der Waals surface area contributed by atoms with Crippen molar-refractivity contribution in [1.82, 2.24) is 0 Å². The van der Waals surface area contributed by atoms with Crippen LogP contribution in [0.25, 0.3) is 0 Å². The molecule has 0 N–H and O–H groups in total. The molecular formula is C15H12BrClO3. The second-order valence-corrected chi connectivity index (χ2v) is 5.39. The number of rotatable bonds is 4. The first kappa shape index (κ1) is 14.9. The third-order valence-electron chi connectivity index (χ3n) is 2.56. The van der Waals surface area contributed by atoms with Crippen LogP contribution in [0.1, 0.15) is 5.56 Å². The molecule has 3 nitrogen and oxygen atoms in total. The average molecular weight is 356 g/mol. The van der Waals surface area contributed by atoms with Crippen LogP contribution in [0.2, 0.25) is 5.02 Å². The lowest BCUT2D eigenvalue weighted by Crippen LogP contribution is -2.18. The summed E-state index contributed by atoms with van der Waals surface area (Å²) in [6.45, 7) is 1.76. The van der Waals surface area contributed by atoms with Gasteiger partial charge >= 0.3 is 5.97 Å². The van der Waals surface area contributed by atoms with Gasteiger partial charge in [0.25, 0.3) is 0 Å². The van der Waals surface area contributed by atoms with Crippen LogP contribution in [0.3, 0.4) is 0 Å². The van der Waals surface area contributed by atoms with E-state index in [0.29, 0.717) is 21.0 Å². The summed E-state index contributed by atoms with van der Waals surface area (Å²) >= 11 is 9.10. The van der Waals surface area contributed by atoms with Crippen LogP contribution >= 0.6 is 27.5 Å². The summed E-state index contributed by atoms with van der Waals surface area (Å²) in [5.41, 5.74) is 0.966. The van der Waals surface area contributed by atoms with Crippen molar-refractivity contribution in [2.45, 2.75) is 6.92 Å². The molecule has 2 aromatic carbocycles. The number of halogens is 2. The number of aryl methyl sites for hydroxylation is 1. The lowest BCUT2D eigenvalue weighted by molar-refractivity contribution is -0.136. The second kappa shape index (κ2) is 6.77. The Hall–Kier alpha value is -1.52. The number of carbonyl (C=O) groups excluding carboxylic acids is 1. The third-order valence-corrected chi connectivity index (χ3v) is 3.41. The number of hydrogen-bond donors (Lipinski definition) is 0. The Labute approximate surface area is 130 Å². The third kappa shape index (κ3) is 3.99. The molecule has 0 aliphatic carbocycles. The maximum Gasteiger partial charge on any atom is 0.349 e. The molecule has 0 bridgehead atoms. The van der Waals surface area contributed by atoms with E-state index in [4.69, 9.17) is 21.1 Å². The van der Waals surface area contributed by atoms with Crippen molar-refractivity contribution in [2.75, 3.05) is 6.61 Å². The van der Waals surface area contributed by atoms with E-state index < -0.39 is 5.97 Å². The SMILES string of the molecule is Cc1ccccc1OCC(=O)Oc1ccc(Cl)cc1Br. The zero-order valence-corrected chi connectivity index (χ0v) is 13.1. The van der Waals surface area contributed by atoms with Crippen LogP contribution in [0.4, 0.5) is 0 Å². The Morgan fingerprint density at radius 2 is 1.95 bits per heavy atom. The van der Waals surface area contributed by atoms with E-state index in [9.17, 15) is 4.79 Å². The molecular weight excluding hydrogens is 344 g/mol. The summed E-state index contributed by atoms with van der Waals surface area (Å²) in [6, 6.07) is 12.4. The quantitative estimate of drug-likeness (QED) is 0.602. The lowest BCUT2D eigenvalue weighted by Gasteiger charge is -2.09. The van der Waals surface area contributed by atoms with Gasteiger partial charge in [0.15, 0.2) is 6.61 Å². The molecule has 2 rings (SSSR count). The van der Waals surface area contributed by atoms with Crippen molar-refractivity contribution in [3.63, 3.8) is 0 Å². The largest absolute Gasteiger partial charge is 0.482 e. The van der Waals surface area contributed by atoms with E-state index in [0.717, 1.165) is 5.56 Å². The Kier molecular flexibility index (Phi) is 5.04. The smallest absolute Gasteiger partial charge is 0.349 e. The van der Waals surface area contributed by atoms with Gasteiger partial charge in [0.05, 0.1) is 4.47 Å². The fourth-order valence-corrected chi connectivity index (χ4v) is 2.33. The van der Waals surface area contributed by atoms with E-state index >= 15 is 0 Å². The molecule has 0 fully saturated rings. The summed E-state index contributed by atoms with van der Waals surface area (Å²) < 4.78 is 11.2. The Balaban J connectivity index is 1.94. The summed E-state index contributed by atoms with van der Waals surface area (Å²) in [5, 5.41) is 0.563. The molecule has 0 heterocycles. The first-order chi connectivity index (χ1) is 9.56. The van der Waals surface area contributed by atoms with Crippen molar-refractivity contribution in [3.8, 4) is 11.5 Å². The minimum absolute atomic E-state index is 0.153. The molecule has 0 amide bonds. The van der Waals surface area contributed by atoms with Crippen molar-refractivity contribution in [2.24, 2.45) is 0 Å². The van der Waals surface area contributed by atoms with Crippen LogP contribution in [0, 0.1) is 6.92 Å². The maximum atomic E-state index is 11.7. The zero-order valence-electron chi connectivity index (χ0n) is 10.7. The molecule has 0 aliphatic rings. The molecule has 0 spiro atoms. The fourth-order valence-electron chi connectivity index (χ4n) is 1.57. The highest BCUT2D eigenvalue weighted by molar-refractivity contribution is 9.10. The number of ether oxygens (including phenoxy) is 2. The molecule has 20 heavy (non-hydrogen) atoms. The second-order valence-electron chi connectivity index (χ2n) is 4.10. The van der Waals surface area contributed by atoms with E-state index in [1.807, 2.05) is 25.1 Å². The Morgan fingerprint density at radius 3 is 2.65 bits per heavy atom. The molecule has 0 saturated heterocycles. The normalized spacial score (nSPS) is 10.2. The van der Waals surface area contributed by atoms with E-state index in [1.54, 1.807) is 24.3 Å².